The number of nitrogens with zero attached hydrogens (tertiary/aromatic N) is 3. The molecule has 0 radical (unpaired) electrons. The molecule has 10 heteroatoms. The van der Waals surface area contributed by atoms with Gasteiger partial charge in [-0.25, -0.2) is 4.79 Å². The van der Waals surface area contributed by atoms with E-state index in [-0.39, 0.29) is 24.1 Å². The van der Waals surface area contributed by atoms with Gasteiger partial charge in [-0.15, -0.1) is 10.2 Å². The third-order valence-electron chi connectivity index (χ3n) is 4.18. The summed E-state index contributed by atoms with van der Waals surface area (Å²) in [5.41, 5.74) is 0.459. The fraction of sp³-hybridized carbons (Fsp3) is 0.211. The first kappa shape index (κ1) is 18.4. The number of para-hydroxylation sites is 2. The molecule has 2 aromatic carbocycles. The van der Waals surface area contributed by atoms with Gasteiger partial charge in [0.05, 0.1) is 4.92 Å². The quantitative estimate of drug-likeness (QED) is 0.362. The van der Waals surface area contributed by atoms with Crippen LogP contribution in [0.4, 0.5) is 5.69 Å². The average molecular weight is 397 g/mol. The molecule has 1 aliphatic rings. The van der Waals surface area contributed by atoms with E-state index in [1.807, 2.05) is 0 Å². The molecule has 0 bridgehead atoms. The molecule has 2 heterocycles. The van der Waals surface area contributed by atoms with Crippen LogP contribution in [0.3, 0.4) is 0 Å². The van der Waals surface area contributed by atoms with Gasteiger partial charge in [-0.05, 0) is 31.2 Å². The lowest BCUT2D eigenvalue weighted by molar-refractivity contribution is -0.384. The molecule has 2 atom stereocenters. The molecule has 1 aromatic heterocycles. The van der Waals surface area contributed by atoms with Crippen molar-refractivity contribution in [1.29, 1.82) is 0 Å². The molecule has 3 aromatic rings. The van der Waals surface area contributed by atoms with Crippen LogP contribution in [0.5, 0.6) is 11.5 Å². The standard InChI is InChI=1S/C19H15N3O7/c1-11(27-19(23)16-10-26-14-4-2-3-5-15(14)28-16)17-20-21-18(29-17)12-6-8-13(9-7-12)22(24)25/h2-9,11,16H,10H2,1H3/t11-,16-/m0/s1. The van der Waals surface area contributed by atoms with Gasteiger partial charge in [-0.3, -0.25) is 10.1 Å². The second-order valence-electron chi connectivity index (χ2n) is 6.19. The van der Waals surface area contributed by atoms with Crippen LogP contribution in [0.15, 0.2) is 52.9 Å². The van der Waals surface area contributed by atoms with Gasteiger partial charge in [0, 0.05) is 17.7 Å². The third-order valence-corrected chi connectivity index (χ3v) is 4.18. The Morgan fingerprint density at radius 3 is 2.62 bits per heavy atom. The Labute approximate surface area is 164 Å². The summed E-state index contributed by atoms with van der Waals surface area (Å²) in [6, 6.07) is 12.7. The predicted molar refractivity (Wildman–Crippen MR) is 97.2 cm³/mol. The van der Waals surface area contributed by atoms with Crippen LogP contribution in [-0.4, -0.2) is 33.8 Å². The topological polar surface area (TPSA) is 127 Å². The third kappa shape index (κ3) is 3.86. The van der Waals surface area contributed by atoms with E-state index in [2.05, 4.69) is 10.2 Å². The minimum absolute atomic E-state index is 0.0282. The van der Waals surface area contributed by atoms with Crippen molar-refractivity contribution in [2.75, 3.05) is 6.61 Å². The summed E-state index contributed by atoms with van der Waals surface area (Å²) in [5.74, 6) is 0.649. The number of carbonyl (C=O) groups is 1. The Morgan fingerprint density at radius 1 is 1.17 bits per heavy atom. The van der Waals surface area contributed by atoms with Crippen molar-refractivity contribution in [1.82, 2.24) is 10.2 Å². The fourth-order valence-corrected chi connectivity index (χ4v) is 2.68. The minimum Gasteiger partial charge on any atom is -0.485 e. The van der Waals surface area contributed by atoms with Crippen molar-refractivity contribution < 1.29 is 28.3 Å². The molecule has 0 aliphatic carbocycles. The molecule has 1 aliphatic heterocycles. The number of fused-ring (bicyclic) bond motifs is 1. The zero-order valence-electron chi connectivity index (χ0n) is 15.2. The predicted octanol–water partition coefficient (Wildman–Crippen LogP) is 3.09. The molecule has 10 nitrogen and oxygen atoms in total. The lowest BCUT2D eigenvalue weighted by Gasteiger charge is -2.25. The van der Waals surface area contributed by atoms with Crippen LogP contribution in [0.2, 0.25) is 0 Å². The van der Waals surface area contributed by atoms with E-state index < -0.39 is 23.1 Å². The van der Waals surface area contributed by atoms with Crippen LogP contribution < -0.4 is 9.47 Å². The molecule has 148 valence electrons. The van der Waals surface area contributed by atoms with E-state index in [0.29, 0.717) is 17.1 Å². The van der Waals surface area contributed by atoms with Gasteiger partial charge in [-0.1, -0.05) is 12.1 Å². The van der Waals surface area contributed by atoms with Gasteiger partial charge in [0.1, 0.15) is 6.61 Å². The first-order valence-corrected chi connectivity index (χ1v) is 8.68. The molecule has 0 unspecified atom stereocenters. The number of nitro groups is 1. The molecule has 0 fully saturated rings. The highest BCUT2D eigenvalue weighted by Gasteiger charge is 2.31. The Kier molecular flexibility index (Phi) is 4.82. The van der Waals surface area contributed by atoms with Crippen molar-refractivity contribution in [2.45, 2.75) is 19.1 Å². The van der Waals surface area contributed by atoms with Crippen molar-refractivity contribution in [3.8, 4) is 23.0 Å². The highest BCUT2D eigenvalue weighted by molar-refractivity contribution is 5.76. The minimum atomic E-state index is -0.913. The Hall–Kier alpha value is -3.95. The number of non-ortho nitro benzene ring substituents is 1. The molecule has 0 amide bonds. The Bertz CT molecular complexity index is 1050. The average Bonchev–Trinajstić information content (AvgIpc) is 3.24. The van der Waals surface area contributed by atoms with Gasteiger partial charge in [0.2, 0.25) is 12.0 Å². The van der Waals surface area contributed by atoms with E-state index in [0.717, 1.165) is 0 Å². The summed E-state index contributed by atoms with van der Waals surface area (Å²) in [4.78, 5) is 22.6. The number of hydrogen-bond acceptors (Lipinski definition) is 9. The van der Waals surface area contributed by atoms with Crippen LogP contribution in [0, 0.1) is 10.1 Å². The van der Waals surface area contributed by atoms with E-state index in [4.69, 9.17) is 18.6 Å². The highest BCUT2D eigenvalue weighted by Crippen LogP contribution is 2.32. The maximum absolute atomic E-state index is 12.4. The van der Waals surface area contributed by atoms with E-state index in [9.17, 15) is 14.9 Å². The van der Waals surface area contributed by atoms with Gasteiger partial charge < -0.3 is 18.6 Å². The number of aromatic nitrogens is 2. The molecule has 0 saturated heterocycles. The summed E-state index contributed by atoms with van der Waals surface area (Å²) < 4.78 is 22.0. The SMILES string of the molecule is C[C@H](OC(=O)[C@@H]1COc2ccccc2O1)c1nnc(-c2ccc([N+](=O)[O-])cc2)o1. The number of rotatable bonds is 5. The van der Waals surface area contributed by atoms with Crippen molar-refractivity contribution >= 4 is 11.7 Å². The molecule has 0 spiro atoms. The van der Waals surface area contributed by atoms with Crippen molar-refractivity contribution in [3.63, 3.8) is 0 Å². The van der Waals surface area contributed by atoms with Gasteiger partial charge in [0.15, 0.2) is 17.6 Å². The Morgan fingerprint density at radius 2 is 1.90 bits per heavy atom. The summed E-state index contributed by atoms with van der Waals surface area (Å²) >= 11 is 0. The lowest BCUT2D eigenvalue weighted by atomic mass is 10.2. The maximum Gasteiger partial charge on any atom is 0.351 e. The number of nitro benzene ring substituents is 1. The molecule has 29 heavy (non-hydrogen) atoms. The molecular formula is C19H15N3O7. The maximum atomic E-state index is 12.4. The van der Waals surface area contributed by atoms with Crippen molar-refractivity contribution in [2.24, 2.45) is 0 Å². The van der Waals surface area contributed by atoms with E-state index in [1.165, 1.54) is 24.3 Å². The van der Waals surface area contributed by atoms with Crippen molar-refractivity contribution in [3.05, 3.63) is 64.5 Å². The normalized spacial score (nSPS) is 16.1. The number of benzene rings is 2. The van der Waals surface area contributed by atoms with Gasteiger partial charge >= 0.3 is 5.97 Å². The summed E-state index contributed by atoms with van der Waals surface area (Å²) in [7, 11) is 0. The van der Waals surface area contributed by atoms with Gasteiger partial charge in [0.25, 0.3) is 11.6 Å². The summed E-state index contributed by atoms with van der Waals surface area (Å²) in [5, 5.41) is 18.5. The molecule has 0 saturated carbocycles. The number of carbonyl (C=O) groups excluding carboxylic acids is 1. The molecule has 0 N–H and O–H groups in total. The summed E-state index contributed by atoms with van der Waals surface area (Å²) in [6.07, 6.45) is -1.73. The van der Waals surface area contributed by atoms with Crippen LogP contribution >= 0.6 is 0 Å². The smallest absolute Gasteiger partial charge is 0.351 e. The lowest BCUT2D eigenvalue weighted by Crippen LogP contribution is -2.38. The second kappa shape index (κ2) is 7.58. The molecule has 4 rings (SSSR count). The first-order chi connectivity index (χ1) is 14.0. The number of hydrogen-bond donors (Lipinski definition) is 0. The molecular weight excluding hydrogens is 382 g/mol. The van der Waals surface area contributed by atoms with Crippen LogP contribution in [0.25, 0.3) is 11.5 Å². The monoisotopic (exact) mass is 397 g/mol. The van der Waals surface area contributed by atoms with Crippen LogP contribution in [-0.2, 0) is 9.53 Å². The number of ether oxygens (including phenoxy) is 3. The van der Waals surface area contributed by atoms with Gasteiger partial charge in [-0.2, -0.15) is 0 Å². The second-order valence-corrected chi connectivity index (χ2v) is 6.19. The Balaban J connectivity index is 1.41. The first-order valence-electron chi connectivity index (χ1n) is 8.68. The van der Waals surface area contributed by atoms with E-state index >= 15 is 0 Å². The summed E-state index contributed by atoms with van der Waals surface area (Å²) in [6.45, 7) is 1.61. The zero-order chi connectivity index (χ0) is 20.4. The van der Waals surface area contributed by atoms with E-state index in [1.54, 1.807) is 31.2 Å². The largest absolute Gasteiger partial charge is 0.485 e. The zero-order valence-corrected chi connectivity index (χ0v) is 15.2. The fourth-order valence-electron chi connectivity index (χ4n) is 2.68. The number of esters is 1. The highest BCUT2D eigenvalue weighted by atomic mass is 16.6. The van der Waals surface area contributed by atoms with Crippen LogP contribution in [0.1, 0.15) is 18.9 Å².